The minimum Gasteiger partial charge on any atom is -0.391 e. The number of hydrogen-bond donors (Lipinski definition) is 2. The first kappa shape index (κ1) is 12.4. The second-order valence-corrected chi connectivity index (χ2v) is 4.88. The molecule has 1 aliphatic carbocycles. The molecule has 1 saturated carbocycles. The van der Waals surface area contributed by atoms with Crippen molar-refractivity contribution in [2.45, 2.75) is 37.8 Å². The molecular weight excluding hydrogens is 238 g/mol. The van der Waals surface area contributed by atoms with Gasteiger partial charge < -0.3 is 10.4 Å². The quantitative estimate of drug-likeness (QED) is 0.850. The van der Waals surface area contributed by atoms with Crippen LogP contribution in [0.25, 0.3) is 0 Å². The number of nitrogens with one attached hydrogen (secondary N) is 1. The van der Waals surface area contributed by atoms with Crippen LogP contribution in [0.1, 0.15) is 36.0 Å². The largest absolute Gasteiger partial charge is 0.391 e. The number of carbonyl (C=O) groups is 1. The van der Waals surface area contributed by atoms with Crippen molar-refractivity contribution in [3.8, 4) is 0 Å². The number of hydrogen-bond acceptors (Lipinski definition) is 2. The van der Waals surface area contributed by atoms with Crippen LogP contribution in [0, 0.1) is 0 Å². The van der Waals surface area contributed by atoms with Crippen LogP contribution >= 0.6 is 11.6 Å². The van der Waals surface area contributed by atoms with E-state index in [0.717, 1.165) is 25.7 Å². The zero-order valence-electron chi connectivity index (χ0n) is 9.53. The summed E-state index contributed by atoms with van der Waals surface area (Å²) in [6.07, 6.45) is 3.29. The first-order chi connectivity index (χ1) is 8.16. The summed E-state index contributed by atoms with van der Waals surface area (Å²) in [5.74, 6) is -0.146. The van der Waals surface area contributed by atoms with Gasteiger partial charge in [-0.15, -0.1) is 0 Å². The summed E-state index contributed by atoms with van der Waals surface area (Å²) in [5.41, 5.74) is 0.576. The van der Waals surface area contributed by atoms with Gasteiger partial charge in [0.2, 0.25) is 0 Å². The number of rotatable bonds is 2. The highest BCUT2D eigenvalue weighted by molar-refractivity contribution is 6.30. The van der Waals surface area contributed by atoms with Gasteiger partial charge in [0.25, 0.3) is 5.91 Å². The highest BCUT2D eigenvalue weighted by atomic mass is 35.5. The molecule has 3 nitrogen and oxygen atoms in total. The lowest BCUT2D eigenvalue weighted by Gasteiger charge is -2.28. The molecule has 0 saturated heterocycles. The standard InChI is InChI=1S/C13H16ClNO2/c14-10-7-5-9(6-8-10)13(17)15-11-3-1-2-4-12(11)16/h5-8,11-12,16H,1-4H2,(H,15,17)/t11-,12+/m0/s1. The summed E-state index contributed by atoms with van der Waals surface area (Å²) in [4.78, 5) is 11.9. The number of benzene rings is 1. The van der Waals surface area contributed by atoms with E-state index in [1.807, 2.05) is 0 Å². The number of halogens is 1. The van der Waals surface area contributed by atoms with E-state index in [1.54, 1.807) is 24.3 Å². The summed E-state index contributed by atoms with van der Waals surface area (Å²) in [5, 5.41) is 13.3. The second-order valence-electron chi connectivity index (χ2n) is 4.44. The van der Waals surface area contributed by atoms with E-state index in [0.29, 0.717) is 10.6 Å². The van der Waals surface area contributed by atoms with Gasteiger partial charge in [-0.1, -0.05) is 24.4 Å². The monoisotopic (exact) mass is 253 g/mol. The summed E-state index contributed by atoms with van der Waals surface area (Å²) in [6, 6.07) is 6.63. The van der Waals surface area contributed by atoms with Crippen molar-refractivity contribution in [2.24, 2.45) is 0 Å². The molecular formula is C13H16ClNO2. The third-order valence-corrected chi connectivity index (χ3v) is 3.40. The van der Waals surface area contributed by atoms with Crippen LogP contribution in [-0.2, 0) is 0 Å². The SMILES string of the molecule is O=C(N[C@H]1CCCC[C@H]1O)c1ccc(Cl)cc1. The molecule has 0 radical (unpaired) electrons. The topological polar surface area (TPSA) is 49.3 Å². The summed E-state index contributed by atoms with van der Waals surface area (Å²) < 4.78 is 0. The third kappa shape index (κ3) is 3.20. The van der Waals surface area contributed by atoms with Crippen molar-refractivity contribution in [1.29, 1.82) is 0 Å². The van der Waals surface area contributed by atoms with Crippen LogP contribution in [0.4, 0.5) is 0 Å². The number of carbonyl (C=O) groups excluding carboxylic acids is 1. The zero-order chi connectivity index (χ0) is 12.3. The number of aliphatic hydroxyl groups excluding tert-OH is 1. The number of amides is 1. The van der Waals surface area contributed by atoms with Crippen molar-refractivity contribution < 1.29 is 9.90 Å². The Morgan fingerprint density at radius 1 is 1.24 bits per heavy atom. The lowest BCUT2D eigenvalue weighted by molar-refractivity contribution is 0.0717. The van der Waals surface area contributed by atoms with Crippen LogP contribution in [-0.4, -0.2) is 23.2 Å². The zero-order valence-corrected chi connectivity index (χ0v) is 10.3. The molecule has 1 aromatic carbocycles. The maximum Gasteiger partial charge on any atom is 0.251 e. The van der Waals surface area contributed by atoms with Crippen LogP contribution in [0.2, 0.25) is 5.02 Å². The first-order valence-corrected chi connectivity index (χ1v) is 6.29. The highest BCUT2D eigenvalue weighted by Crippen LogP contribution is 2.19. The van der Waals surface area contributed by atoms with Crippen molar-refractivity contribution in [3.63, 3.8) is 0 Å². The van der Waals surface area contributed by atoms with Gasteiger partial charge in [-0.25, -0.2) is 0 Å². The Balaban J connectivity index is 1.98. The second kappa shape index (κ2) is 5.52. The van der Waals surface area contributed by atoms with E-state index in [4.69, 9.17) is 11.6 Å². The van der Waals surface area contributed by atoms with Gasteiger partial charge in [0.05, 0.1) is 12.1 Å². The molecule has 1 aliphatic rings. The van der Waals surface area contributed by atoms with Crippen molar-refractivity contribution >= 4 is 17.5 Å². The van der Waals surface area contributed by atoms with Crippen molar-refractivity contribution in [3.05, 3.63) is 34.9 Å². The lowest BCUT2D eigenvalue weighted by atomic mass is 9.92. The van der Waals surface area contributed by atoms with Crippen LogP contribution in [0.15, 0.2) is 24.3 Å². The predicted molar refractivity (Wildman–Crippen MR) is 67.2 cm³/mol. The maximum atomic E-state index is 11.9. The van der Waals surface area contributed by atoms with E-state index in [9.17, 15) is 9.90 Å². The Hall–Kier alpha value is -1.06. The van der Waals surface area contributed by atoms with E-state index in [-0.39, 0.29) is 11.9 Å². The number of aliphatic hydroxyl groups is 1. The summed E-state index contributed by atoms with van der Waals surface area (Å²) in [6.45, 7) is 0. The molecule has 2 atom stereocenters. The average molecular weight is 254 g/mol. The smallest absolute Gasteiger partial charge is 0.251 e. The molecule has 92 valence electrons. The molecule has 0 spiro atoms. The van der Waals surface area contributed by atoms with E-state index >= 15 is 0 Å². The summed E-state index contributed by atoms with van der Waals surface area (Å²) >= 11 is 5.76. The van der Waals surface area contributed by atoms with Crippen LogP contribution < -0.4 is 5.32 Å². The Labute approximate surface area is 106 Å². The molecule has 0 heterocycles. The molecule has 4 heteroatoms. The maximum absolute atomic E-state index is 11.9. The fourth-order valence-corrected chi connectivity index (χ4v) is 2.26. The normalized spacial score (nSPS) is 24.4. The van der Waals surface area contributed by atoms with E-state index in [2.05, 4.69) is 5.32 Å². The van der Waals surface area contributed by atoms with E-state index < -0.39 is 6.10 Å². The molecule has 0 unspecified atom stereocenters. The molecule has 17 heavy (non-hydrogen) atoms. The molecule has 1 amide bonds. The Morgan fingerprint density at radius 3 is 2.53 bits per heavy atom. The Morgan fingerprint density at radius 2 is 1.88 bits per heavy atom. The van der Waals surface area contributed by atoms with Gasteiger partial charge in [-0.05, 0) is 37.1 Å². The first-order valence-electron chi connectivity index (χ1n) is 5.91. The fraction of sp³-hybridized carbons (Fsp3) is 0.462. The molecule has 0 aliphatic heterocycles. The Bertz CT molecular complexity index is 391. The third-order valence-electron chi connectivity index (χ3n) is 3.15. The molecule has 1 fully saturated rings. The molecule has 0 aromatic heterocycles. The molecule has 0 bridgehead atoms. The molecule has 1 aromatic rings. The summed E-state index contributed by atoms with van der Waals surface area (Å²) in [7, 11) is 0. The predicted octanol–water partition coefficient (Wildman–Crippen LogP) is 2.37. The minimum atomic E-state index is -0.417. The highest BCUT2D eigenvalue weighted by Gasteiger charge is 2.24. The van der Waals surface area contributed by atoms with Gasteiger partial charge in [0.1, 0.15) is 0 Å². The van der Waals surface area contributed by atoms with Gasteiger partial charge >= 0.3 is 0 Å². The van der Waals surface area contributed by atoms with Gasteiger partial charge in [-0.3, -0.25) is 4.79 Å². The van der Waals surface area contributed by atoms with Crippen LogP contribution in [0.3, 0.4) is 0 Å². The average Bonchev–Trinajstić information content (AvgIpc) is 2.33. The minimum absolute atomic E-state index is 0.119. The van der Waals surface area contributed by atoms with Crippen LogP contribution in [0.5, 0.6) is 0 Å². The van der Waals surface area contributed by atoms with Gasteiger partial charge in [0.15, 0.2) is 0 Å². The van der Waals surface area contributed by atoms with Gasteiger partial charge in [-0.2, -0.15) is 0 Å². The Kier molecular flexibility index (Phi) is 4.02. The van der Waals surface area contributed by atoms with Gasteiger partial charge in [0, 0.05) is 10.6 Å². The molecule has 2 N–H and O–H groups in total. The van der Waals surface area contributed by atoms with Crippen molar-refractivity contribution in [2.75, 3.05) is 0 Å². The fourth-order valence-electron chi connectivity index (χ4n) is 2.13. The van der Waals surface area contributed by atoms with E-state index in [1.165, 1.54) is 0 Å². The lowest BCUT2D eigenvalue weighted by Crippen LogP contribution is -2.45. The van der Waals surface area contributed by atoms with Crippen molar-refractivity contribution in [1.82, 2.24) is 5.32 Å². The molecule has 2 rings (SSSR count).